The van der Waals surface area contributed by atoms with Gasteiger partial charge in [0.15, 0.2) is 9.84 Å². The number of benzene rings is 2. The van der Waals surface area contributed by atoms with Gasteiger partial charge in [-0.25, -0.2) is 13.4 Å². The van der Waals surface area contributed by atoms with E-state index in [2.05, 4.69) is 10.3 Å². The summed E-state index contributed by atoms with van der Waals surface area (Å²) in [7, 11) is -3.68. The van der Waals surface area contributed by atoms with Gasteiger partial charge in [0.25, 0.3) is 0 Å². The maximum Gasteiger partial charge on any atom is 0.235 e. The SMILES string of the molecule is CSc1ccc(CCNC(=O)CS(=O)(=O)Cc2nc(-c3ccccc3C)oc2C)cc1. The fraction of sp³-hybridized carbons (Fsp3) is 0.304. The highest BCUT2D eigenvalue weighted by Crippen LogP contribution is 2.25. The third kappa shape index (κ3) is 6.45. The van der Waals surface area contributed by atoms with Crippen LogP contribution in [0.5, 0.6) is 0 Å². The zero-order valence-corrected chi connectivity index (χ0v) is 19.5. The Morgan fingerprint density at radius 3 is 2.48 bits per heavy atom. The van der Waals surface area contributed by atoms with Crippen molar-refractivity contribution in [2.45, 2.75) is 30.9 Å². The van der Waals surface area contributed by atoms with Crippen molar-refractivity contribution in [3.05, 3.63) is 71.1 Å². The number of carbonyl (C=O) groups excluding carboxylic acids is 1. The molecule has 1 aromatic heterocycles. The van der Waals surface area contributed by atoms with Crippen LogP contribution < -0.4 is 5.32 Å². The van der Waals surface area contributed by atoms with Crippen LogP contribution in [0.1, 0.15) is 22.6 Å². The number of aryl methyl sites for hydroxylation is 2. The van der Waals surface area contributed by atoms with Gasteiger partial charge in [-0.1, -0.05) is 30.3 Å². The number of nitrogens with one attached hydrogen (secondary N) is 1. The topological polar surface area (TPSA) is 89.3 Å². The van der Waals surface area contributed by atoms with Gasteiger partial charge in [-0.3, -0.25) is 4.79 Å². The number of thioether (sulfide) groups is 1. The lowest BCUT2D eigenvalue weighted by Crippen LogP contribution is -2.32. The fourth-order valence-electron chi connectivity index (χ4n) is 3.14. The Morgan fingerprint density at radius 2 is 1.81 bits per heavy atom. The van der Waals surface area contributed by atoms with Gasteiger partial charge < -0.3 is 9.73 Å². The minimum atomic E-state index is -3.68. The van der Waals surface area contributed by atoms with E-state index in [-0.39, 0.29) is 5.75 Å². The molecule has 0 aliphatic rings. The maximum absolute atomic E-state index is 12.5. The molecule has 0 radical (unpaired) electrons. The molecule has 0 aliphatic carbocycles. The van der Waals surface area contributed by atoms with E-state index >= 15 is 0 Å². The van der Waals surface area contributed by atoms with Crippen LogP contribution in [-0.4, -0.2) is 37.9 Å². The van der Waals surface area contributed by atoms with Crippen molar-refractivity contribution in [1.29, 1.82) is 0 Å². The summed E-state index contributed by atoms with van der Waals surface area (Å²) in [4.78, 5) is 17.7. The van der Waals surface area contributed by atoms with E-state index in [0.29, 0.717) is 30.3 Å². The predicted molar refractivity (Wildman–Crippen MR) is 124 cm³/mol. The lowest BCUT2D eigenvalue weighted by atomic mass is 10.1. The van der Waals surface area contributed by atoms with E-state index < -0.39 is 21.5 Å². The minimum Gasteiger partial charge on any atom is -0.441 e. The first-order chi connectivity index (χ1) is 14.8. The molecule has 0 aliphatic heterocycles. The molecule has 164 valence electrons. The Bertz CT molecular complexity index is 1150. The number of hydrogen-bond donors (Lipinski definition) is 1. The van der Waals surface area contributed by atoms with Crippen molar-refractivity contribution < 1.29 is 17.6 Å². The van der Waals surface area contributed by atoms with Crippen LogP contribution in [0.2, 0.25) is 0 Å². The van der Waals surface area contributed by atoms with E-state index in [0.717, 1.165) is 16.7 Å². The largest absolute Gasteiger partial charge is 0.441 e. The molecule has 6 nitrogen and oxygen atoms in total. The van der Waals surface area contributed by atoms with E-state index in [1.54, 1.807) is 18.7 Å². The summed E-state index contributed by atoms with van der Waals surface area (Å²) in [6.07, 6.45) is 2.66. The van der Waals surface area contributed by atoms with Gasteiger partial charge >= 0.3 is 0 Å². The zero-order chi connectivity index (χ0) is 22.4. The zero-order valence-electron chi connectivity index (χ0n) is 17.8. The molecular weight excluding hydrogens is 432 g/mol. The van der Waals surface area contributed by atoms with Gasteiger partial charge in [-0.2, -0.15) is 0 Å². The fourth-order valence-corrected chi connectivity index (χ4v) is 4.83. The molecule has 2 aromatic carbocycles. The van der Waals surface area contributed by atoms with Gasteiger partial charge in [0, 0.05) is 17.0 Å². The number of nitrogens with zero attached hydrogens (tertiary/aromatic N) is 1. The van der Waals surface area contributed by atoms with E-state index in [9.17, 15) is 13.2 Å². The number of oxazole rings is 1. The van der Waals surface area contributed by atoms with Gasteiger partial charge in [0.05, 0.1) is 11.4 Å². The highest BCUT2D eigenvalue weighted by atomic mass is 32.2. The van der Waals surface area contributed by atoms with Gasteiger partial charge in [-0.05, 0) is 55.9 Å². The lowest BCUT2D eigenvalue weighted by molar-refractivity contribution is -0.118. The van der Waals surface area contributed by atoms with Crippen LogP contribution in [0.4, 0.5) is 0 Å². The second kappa shape index (κ2) is 10.2. The van der Waals surface area contributed by atoms with Crippen LogP contribution in [0, 0.1) is 13.8 Å². The number of rotatable bonds is 9. The molecule has 3 rings (SSSR count). The summed E-state index contributed by atoms with van der Waals surface area (Å²) >= 11 is 1.67. The van der Waals surface area contributed by atoms with Crippen molar-refractivity contribution in [2.75, 3.05) is 18.6 Å². The highest BCUT2D eigenvalue weighted by molar-refractivity contribution is 7.98. The van der Waals surface area contributed by atoms with Crippen molar-refractivity contribution in [1.82, 2.24) is 10.3 Å². The molecule has 1 heterocycles. The summed E-state index contributed by atoms with van der Waals surface area (Å²) in [5.41, 5.74) is 3.22. The first-order valence-electron chi connectivity index (χ1n) is 9.90. The number of sulfone groups is 1. The number of aromatic nitrogens is 1. The van der Waals surface area contributed by atoms with Crippen molar-refractivity contribution >= 4 is 27.5 Å². The molecule has 1 N–H and O–H groups in total. The first-order valence-corrected chi connectivity index (χ1v) is 12.9. The third-order valence-corrected chi connectivity index (χ3v) is 7.03. The van der Waals surface area contributed by atoms with Crippen LogP contribution in [0.25, 0.3) is 11.5 Å². The number of hydrogen-bond acceptors (Lipinski definition) is 6. The molecule has 0 saturated heterocycles. The molecule has 31 heavy (non-hydrogen) atoms. The summed E-state index contributed by atoms with van der Waals surface area (Å²) in [6, 6.07) is 15.7. The molecule has 3 aromatic rings. The molecular formula is C23H26N2O4S2. The Morgan fingerprint density at radius 1 is 1.10 bits per heavy atom. The number of carbonyl (C=O) groups is 1. The molecule has 0 bridgehead atoms. The molecule has 0 saturated carbocycles. The molecule has 8 heteroatoms. The molecule has 0 atom stereocenters. The predicted octanol–water partition coefficient (Wildman–Crippen LogP) is 3.95. The Balaban J connectivity index is 1.56. The smallest absolute Gasteiger partial charge is 0.235 e. The Kier molecular flexibility index (Phi) is 7.56. The quantitative estimate of drug-likeness (QED) is 0.488. The van der Waals surface area contributed by atoms with E-state index in [1.165, 1.54) is 4.90 Å². The van der Waals surface area contributed by atoms with Crippen molar-refractivity contribution in [3.8, 4) is 11.5 Å². The molecule has 0 unspecified atom stereocenters. The van der Waals surface area contributed by atoms with Gasteiger partial charge in [-0.15, -0.1) is 11.8 Å². The summed E-state index contributed by atoms with van der Waals surface area (Å²) < 4.78 is 30.8. The third-order valence-electron chi connectivity index (χ3n) is 4.87. The molecule has 1 amide bonds. The van der Waals surface area contributed by atoms with Crippen LogP contribution in [0.15, 0.2) is 57.8 Å². The van der Waals surface area contributed by atoms with Gasteiger partial charge in [0.1, 0.15) is 11.5 Å². The second-order valence-corrected chi connectivity index (χ2v) is 10.3. The average molecular weight is 459 g/mol. The van der Waals surface area contributed by atoms with Crippen molar-refractivity contribution in [3.63, 3.8) is 0 Å². The summed E-state index contributed by atoms with van der Waals surface area (Å²) in [5.74, 6) is -0.600. The Labute approximate surface area is 187 Å². The maximum atomic E-state index is 12.5. The molecule has 0 spiro atoms. The van der Waals surface area contributed by atoms with Crippen LogP contribution >= 0.6 is 11.8 Å². The van der Waals surface area contributed by atoms with E-state index in [4.69, 9.17) is 4.42 Å². The average Bonchev–Trinajstić information content (AvgIpc) is 3.07. The van der Waals surface area contributed by atoms with E-state index in [1.807, 2.05) is 61.7 Å². The lowest BCUT2D eigenvalue weighted by Gasteiger charge is -2.07. The van der Waals surface area contributed by atoms with Crippen LogP contribution in [-0.2, 0) is 26.8 Å². The second-order valence-electron chi connectivity index (χ2n) is 7.32. The summed E-state index contributed by atoms with van der Waals surface area (Å²) in [6.45, 7) is 4.00. The monoisotopic (exact) mass is 458 g/mol. The Hall–Kier alpha value is -2.58. The summed E-state index contributed by atoms with van der Waals surface area (Å²) in [5, 5.41) is 2.69. The highest BCUT2D eigenvalue weighted by Gasteiger charge is 2.22. The number of amides is 1. The van der Waals surface area contributed by atoms with Crippen molar-refractivity contribution in [2.24, 2.45) is 0 Å². The molecule has 0 fully saturated rings. The normalized spacial score (nSPS) is 11.5. The standard InChI is InChI=1S/C23H26N2O4S2/c1-16-6-4-5-7-20(16)23-25-21(17(2)29-23)14-31(27,28)15-22(26)24-13-12-18-8-10-19(30-3)11-9-18/h4-11H,12-15H2,1-3H3,(H,24,26). The first kappa shape index (κ1) is 23.1. The van der Waals surface area contributed by atoms with Crippen LogP contribution in [0.3, 0.4) is 0 Å². The minimum absolute atomic E-state index is 0.333. The van der Waals surface area contributed by atoms with Gasteiger partial charge in [0.2, 0.25) is 11.8 Å².